The summed E-state index contributed by atoms with van der Waals surface area (Å²) in [5, 5.41) is 0. The zero-order valence-electron chi connectivity index (χ0n) is 8.86. The maximum atomic E-state index is 11.9. The second-order valence-electron chi connectivity index (χ2n) is 3.69. The van der Waals surface area contributed by atoms with Crippen molar-refractivity contribution in [2.45, 2.75) is 27.2 Å². The molecule has 2 nitrogen and oxygen atoms in total. The molecule has 0 spiro atoms. The summed E-state index contributed by atoms with van der Waals surface area (Å²) in [5.41, 5.74) is 1.11. The standard InChI is InChI=1S/C11H12Br2O2/c1-4-6-8(12)11(15)7(5(2)3)9(13)10(6)14/h5H,4H2,1-3H3. The normalized spacial score (nSPS) is 18.3. The molecule has 0 atom stereocenters. The summed E-state index contributed by atoms with van der Waals surface area (Å²) < 4.78 is 0.837. The van der Waals surface area contributed by atoms with E-state index in [4.69, 9.17) is 0 Å². The van der Waals surface area contributed by atoms with Crippen LogP contribution in [0.3, 0.4) is 0 Å². The highest BCUT2D eigenvalue weighted by molar-refractivity contribution is 9.12. The smallest absolute Gasteiger partial charge is 0.197 e. The van der Waals surface area contributed by atoms with Crippen molar-refractivity contribution in [2.75, 3.05) is 0 Å². The largest absolute Gasteiger partial charge is 0.288 e. The van der Waals surface area contributed by atoms with Gasteiger partial charge in [0.05, 0.1) is 8.96 Å². The summed E-state index contributed by atoms with van der Waals surface area (Å²) in [6.07, 6.45) is 0.561. The van der Waals surface area contributed by atoms with E-state index in [9.17, 15) is 9.59 Å². The van der Waals surface area contributed by atoms with Crippen LogP contribution in [0.4, 0.5) is 0 Å². The Hall–Kier alpha value is -0.220. The first-order valence-electron chi connectivity index (χ1n) is 4.79. The lowest BCUT2D eigenvalue weighted by atomic mass is 9.89. The van der Waals surface area contributed by atoms with Gasteiger partial charge in [-0.05, 0) is 44.2 Å². The molecule has 0 saturated heterocycles. The Morgan fingerprint density at radius 3 is 2.00 bits per heavy atom. The predicted octanol–water partition coefficient (Wildman–Crippen LogP) is 3.50. The Morgan fingerprint density at radius 2 is 1.60 bits per heavy atom. The molecule has 15 heavy (non-hydrogen) atoms. The summed E-state index contributed by atoms with van der Waals surface area (Å²) in [5.74, 6) is -0.109. The van der Waals surface area contributed by atoms with Crippen LogP contribution in [0.25, 0.3) is 0 Å². The van der Waals surface area contributed by atoms with Gasteiger partial charge in [-0.1, -0.05) is 20.8 Å². The van der Waals surface area contributed by atoms with E-state index >= 15 is 0 Å². The first-order chi connectivity index (χ1) is 6.91. The third-order valence-corrected chi connectivity index (χ3v) is 3.98. The molecular weight excluding hydrogens is 324 g/mol. The van der Waals surface area contributed by atoms with Gasteiger partial charge in [-0.2, -0.15) is 0 Å². The van der Waals surface area contributed by atoms with Crippen LogP contribution in [-0.4, -0.2) is 11.6 Å². The molecule has 4 heteroatoms. The van der Waals surface area contributed by atoms with Crippen LogP contribution in [0.5, 0.6) is 0 Å². The first-order valence-corrected chi connectivity index (χ1v) is 6.38. The Morgan fingerprint density at radius 1 is 1.07 bits per heavy atom. The van der Waals surface area contributed by atoms with Crippen molar-refractivity contribution in [2.24, 2.45) is 5.92 Å². The number of Topliss-reactive ketones (excluding diaryl/α,β-unsaturated/α-hetero) is 2. The van der Waals surface area contributed by atoms with Crippen LogP contribution in [-0.2, 0) is 9.59 Å². The summed E-state index contributed by atoms with van der Waals surface area (Å²) in [4.78, 5) is 23.8. The lowest BCUT2D eigenvalue weighted by molar-refractivity contribution is -0.115. The van der Waals surface area contributed by atoms with Crippen LogP contribution in [0.15, 0.2) is 20.1 Å². The van der Waals surface area contributed by atoms with E-state index in [1.807, 2.05) is 20.8 Å². The number of hydrogen-bond donors (Lipinski definition) is 0. The molecule has 1 rings (SSSR count). The van der Waals surface area contributed by atoms with Crippen molar-refractivity contribution in [3.05, 3.63) is 20.1 Å². The highest BCUT2D eigenvalue weighted by Gasteiger charge is 2.32. The van der Waals surface area contributed by atoms with Gasteiger partial charge in [0, 0.05) is 11.1 Å². The summed E-state index contributed by atoms with van der Waals surface area (Å²) in [6.45, 7) is 5.67. The maximum absolute atomic E-state index is 11.9. The molecular formula is C11H12Br2O2. The van der Waals surface area contributed by atoms with E-state index in [2.05, 4.69) is 31.9 Å². The van der Waals surface area contributed by atoms with Gasteiger partial charge < -0.3 is 0 Å². The van der Waals surface area contributed by atoms with Gasteiger partial charge in [-0.25, -0.2) is 0 Å². The minimum atomic E-state index is -0.0762. The molecule has 0 aromatic carbocycles. The van der Waals surface area contributed by atoms with Gasteiger partial charge in [-0.3, -0.25) is 9.59 Å². The highest BCUT2D eigenvalue weighted by Crippen LogP contribution is 2.35. The van der Waals surface area contributed by atoms with E-state index in [1.54, 1.807) is 0 Å². The number of carbonyl (C=O) groups is 2. The number of ketones is 2. The van der Waals surface area contributed by atoms with Gasteiger partial charge in [0.1, 0.15) is 0 Å². The molecule has 0 aromatic rings. The van der Waals surface area contributed by atoms with Crippen molar-refractivity contribution in [1.29, 1.82) is 0 Å². The molecule has 0 aliphatic heterocycles. The Balaban J connectivity index is 3.33. The average molecular weight is 336 g/mol. The number of halogens is 2. The quantitative estimate of drug-likeness (QED) is 0.724. The third kappa shape index (κ3) is 2.16. The summed E-state index contributed by atoms with van der Waals surface area (Å²) in [6, 6.07) is 0. The van der Waals surface area contributed by atoms with Crippen LogP contribution in [0.1, 0.15) is 27.2 Å². The fourth-order valence-electron chi connectivity index (χ4n) is 1.54. The van der Waals surface area contributed by atoms with Gasteiger partial charge in [0.25, 0.3) is 0 Å². The molecule has 0 N–H and O–H groups in total. The van der Waals surface area contributed by atoms with E-state index < -0.39 is 0 Å². The van der Waals surface area contributed by atoms with Crippen LogP contribution in [0, 0.1) is 5.92 Å². The van der Waals surface area contributed by atoms with E-state index in [1.165, 1.54) is 0 Å². The second kappa shape index (κ2) is 4.74. The fourth-order valence-corrected chi connectivity index (χ4v) is 3.09. The number of rotatable bonds is 2. The Bertz CT molecular complexity index is 389. The van der Waals surface area contributed by atoms with Gasteiger partial charge in [-0.15, -0.1) is 0 Å². The van der Waals surface area contributed by atoms with E-state index in [-0.39, 0.29) is 17.5 Å². The molecule has 0 amide bonds. The fraction of sp³-hybridized carbons (Fsp3) is 0.455. The Labute approximate surface area is 106 Å². The molecule has 1 aliphatic rings. The first kappa shape index (κ1) is 12.8. The zero-order valence-corrected chi connectivity index (χ0v) is 12.0. The lowest BCUT2D eigenvalue weighted by Gasteiger charge is -2.19. The average Bonchev–Trinajstić information content (AvgIpc) is 2.16. The molecule has 0 saturated carbocycles. The van der Waals surface area contributed by atoms with Crippen molar-refractivity contribution in [3.8, 4) is 0 Å². The van der Waals surface area contributed by atoms with Crippen molar-refractivity contribution < 1.29 is 9.59 Å². The van der Waals surface area contributed by atoms with E-state index in [0.29, 0.717) is 26.5 Å². The van der Waals surface area contributed by atoms with Crippen molar-refractivity contribution in [3.63, 3.8) is 0 Å². The van der Waals surface area contributed by atoms with Gasteiger partial charge in [0.2, 0.25) is 0 Å². The monoisotopic (exact) mass is 334 g/mol. The van der Waals surface area contributed by atoms with Crippen LogP contribution >= 0.6 is 31.9 Å². The molecule has 0 heterocycles. The minimum absolute atomic E-state index is 0.0433. The van der Waals surface area contributed by atoms with Crippen molar-refractivity contribution in [1.82, 2.24) is 0 Å². The van der Waals surface area contributed by atoms with Crippen LogP contribution < -0.4 is 0 Å². The van der Waals surface area contributed by atoms with Gasteiger partial charge in [0.15, 0.2) is 11.6 Å². The molecule has 0 aromatic heterocycles. The Kier molecular flexibility index (Phi) is 4.06. The van der Waals surface area contributed by atoms with Crippen molar-refractivity contribution >= 4 is 43.4 Å². The molecule has 0 fully saturated rings. The topological polar surface area (TPSA) is 34.1 Å². The second-order valence-corrected chi connectivity index (χ2v) is 5.27. The molecule has 1 aliphatic carbocycles. The predicted molar refractivity (Wildman–Crippen MR) is 67.0 cm³/mol. The lowest BCUT2D eigenvalue weighted by Crippen LogP contribution is -2.22. The number of hydrogen-bond acceptors (Lipinski definition) is 2. The van der Waals surface area contributed by atoms with Gasteiger partial charge >= 0.3 is 0 Å². The maximum Gasteiger partial charge on any atom is 0.197 e. The third-order valence-electron chi connectivity index (χ3n) is 2.35. The summed E-state index contributed by atoms with van der Waals surface area (Å²) >= 11 is 6.44. The van der Waals surface area contributed by atoms with E-state index in [0.717, 1.165) is 0 Å². The number of carbonyl (C=O) groups excluding carboxylic acids is 2. The number of allylic oxidation sites excluding steroid dienone is 4. The molecule has 0 bridgehead atoms. The summed E-state index contributed by atoms with van der Waals surface area (Å²) in [7, 11) is 0. The molecule has 82 valence electrons. The zero-order chi connectivity index (χ0) is 11.7. The molecule has 0 radical (unpaired) electrons. The van der Waals surface area contributed by atoms with Crippen LogP contribution in [0.2, 0.25) is 0 Å². The minimum Gasteiger partial charge on any atom is -0.288 e. The molecule has 0 unspecified atom stereocenters. The highest BCUT2D eigenvalue weighted by atomic mass is 79.9. The SMILES string of the molecule is CCC1=C(Br)C(=O)C(C(C)C)=C(Br)C1=O.